The van der Waals surface area contributed by atoms with E-state index in [1.165, 1.54) is 11.3 Å². The molecule has 0 fully saturated rings. The summed E-state index contributed by atoms with van der Waals surface area (Å²) < 4.78 is 5.74. The van der Waals surface area contributed by atoms with Crippen LogP contribution < -0.4 is 16.4 Å². The molecule has 1 aromatic heterocycles. The third kappa shape index (κ3) is 5.03. The molecule has 9 heteroatoms. The van der Waals surface area contributed by atoms with Crippen molar-refractivity contribution >= 4 is 34.1 Å². The second kappa shape index (κ2) is 8.15. The maximum absolute atomic E-state index is 12.1. The van der Waals surface area contributed by atoms with Crippen molar-refractivity contribution in [2.75, 3.05) is 32.5 Å². The molecule has 0 saturated heterocycles. The Morgan fingerprint density at radius 2 is 1.96 bits per heavy atom. The molecule has 144 valence electrons. The van der Waals surface area contributed by atoms with Crippen molar-refractivity contribution in [3.63, 3.8) is 0 Å². The Morgan fingerprint density at radius 1 is 1.27 bits per heavy atom. The normalized spacial score (nSPS) is 15.4. The maximum atomic E-state index is 12.1. The van der Waals surface area contributed by atoms with E-state index in [1.54, 1.807) is 0 Å². The molecule has 0 bridgehead atoms. The third-order valence-electron chi connectivity index (χ3n) is 4.03. The highest BCUT2D eigenvalue weighted by Gasteiger charge is 2.33. The zero-order chi connectivity index (χ0) is 19.5. The van der Waals surface area contributed by atoms with Crippen LogP contribution in [-0.4, -0.2) is 55.4 Å². The van der Waals surface area contributed by atoms with Gasteiger partial charge in [-0.3, -0.25) is 14.4 Å². The lowest BCUT2D eigenvalue weighted by atomic mass is 9.93. The minimum absolute atomic E-state index is 0.273. The van der Waals surface area contributed by atoms with Crippen LogP contribution in [-0.2, 0) is 27.4 Å². The number of fused-ring (bicyclic) bond motifs is 1. The van der Waals surface area contributed by atoms with E-state index in [2.05, 4.69) is 10.6 Å². The molecule has 1 aliphatic heterocycles. The smallest absolute Gasteiger partial charge is 0.314 e. The van der Waals surface area contributed by atoms with Gasteiger partial charge >= 0.3 is 11.8 Å². The Kier molecular flexibility index (Phi) is 6.38. The molecule has 0 atom stereocenters. The van der Waals surface area contributed by atoms with E-state index >= 15 is 0 Å². The number of nitrogens with two attached hydrogens (primary N) is 1. The Hall–Kier alpha value is -1.97. The van der Waals surface area contributed by atoms with Gasteiger partial charge in [-0.1, -0.05) is 0 Å². The summed E-state index contributed by atoms with van der Waals surface area (Å²) in [7, 11) is 3.87. The van der Waals surface area contributed by atoms with Crippen molar-refractivity contribution < 1.29 is 19.1 Å². The van der Waals surface area contributed by atoms with Gasteiger partial charge in [-0.25, -0.2) is 0 Å². The van der Waals surface area contributed by atoms with Crippen molar-refractivity contribution in [2.24, 2.45) is 5.73 Å². The van der Waals surface area contributed by atoms with Crippen LogP contribution in [0.5, 0.6) is 0 Å². The van der Waals surface area contributed by atoms with Crippen LogP contribution in [0, 0.1) is 0 Å². The van der Waals surface area contributed by atoms with Gasteiger partial charge < -0.3 is 26.0 Å². The summed E-state index contributed by atoms with van der Waals surface area (Å²) in [6.45, 7) is 5.41. The van der Waals surface area contributed by atoms with Crippen LogP contribution in [0.25, 0.3) is 0 Å². The second-order valence-electron chi connectivity index (χ2n) is 7.16. The molecule has 1 aliphatic rings. The van der Waals surface area contributed by atoms with E-state index in [0.29, 0.717) is 24.6 Å². The molecule has 3 amide bonds. The first kappa shape index (κ1) is 20.3. The van der Waals surface area contributed by atoms with Gasteiger partial charge in [-0.15, -0.1) is 11.3 Å². The highest BCUT2D eigenvalue weighted by molar-refractivity contribution is 7.17. The molecule has 0 spiro atoms. The number of amides is 3. The molecule has 1 aromatic rings. The first-order chi connectivity index (χ1) is 12.1. The number of nitrogens with one attached hydrogen (secondary N) is 2. The van der Waals surface area contributed by atoms with Crippen LogP contribution in [0.3, 0.4) is 0 Å². The lowest BCUT2D eigenvalue weighted by molar-refractivity contribution is -0.136. The van der Waals surface area contributed by atoms with E-state index in [4.69, 9.17) is 10.5 Å². The van der Waals surface area contributed by atoms with Crippen molar-refractivity contribution in [3.05, 3.63) is 16.0 Å². The van der Waals surface area contributed by atoms with Gasteiger partial charge in [0.2, 0.25) is 0 Å². The Bertz CT molecular complexity index is 712. The van der Waals surface area contributed by atoms with Crippen molar-refractivity contribution in [1.82, 2.24) is 10.2 Å². The SMILES string of the molecule is CN(C)CCCNC(=O)C(=O)Nc1sc2c(c1C(N)=O)CC(C)(C)OC2. The van der Waals surface area contributed by atoms with Crippen molar-refractivity contribution in [3.8, 4) is 0 Å². The minimum atomic E-state index is -0.809. The number of rotatable bonds is 6. The van der Waals surface area contributed by atoms with Gasteiger partial charge in [0.25, 0.3) is 5.91 Å². The van der Waals surface area contributed by atoms with Gasteiger partial charge in [0.15, 0.2) is 0 Å². The lowest BCUT2D eigenvalue weighted by Gasteiger charge is -2.30. The van der Waals surface area contributed by atoms with Crippen LogP contribution >= 0.6 is 11.3 Å². The molecule has 26 heavy (non-hydrogen) atoms. The van der Waals surface area contributed by atoms with Crippen molar-refractivity contribution in [1.29, 1.82) is 0 Å². The Balaban J connectivity index is 2.07. The van der Waals surface area contributed by atoms with Gasteiger partial charge in [0, 0.05) is 17.8 Å². The first-order valence-corrected chi connectivity index (χ1v) is 9.24. The summed E-state index contributed by atoms with van der Waals surface area (Å²) >= 11 is 1.22. The van der Waals surface area contributed by atoms with Gasteiger partial charge in [0.05, 0.1) is 17.8 Å². The number of thiophene rings is 1. The summed E-state index contributed by atoms with van der Waals surface area (Å²) in [6, 6.07) is 0. The largest absolute Gasteiger partial charge is 0.370 e. The van der Waals surface area contributed by atoms with E-state index in [0.717, 1.165) is 23.4 Å². The zero-order valence-corrected chi connectivity index (χ0v) is 16.4. The predicted octanol–water partition coefficient (Wildman–Crippen LogP) is 0.705. The first-order valence-electron chi connectivity index (χ1n) is 8.43. The average Bonchev–Trinajstić information content (AvgIpc) is 2.86. The summed E-state index contributed by atoms with van der Waals surface area (Å²) in [4.78, 5) is 38.9. The quantitative estimate of drug-likeness (QED) is 0.495. The molecular weight excluding hydrogens is 356 g/mol. The lowest BCUT2D eigenvalue weighted by Crippen LogP contribution is -2.37. The molecule has 0 radical (unpaired) electrons. The summed E-state index contributed by atoms with van der Waals surface area (Å²) in [5.41, 5.74) is 6.17. The molecule has 4 N–H and O–H groups in total. The van der Waals surface area contributed by atoms with Crippen LogP contribution in [0.1, 0.15) is 41.1 Å². The van der Waals surface area contributed by atoms with Gasteiger partial charge in [0.1, 0.15) is 5.00 Å². The third-order valence-corrected chi connectivity index (χ3v) is 5.16. The molecule has 8 nitrogen and oxygen atoms in total. The van der Waals surface area contributed by atoms with Crippen LogP contribution in [0.4, 0.5) is 5.00 Å². The molecule has 0 unspecified atom stereocenters. The fraction of sp³-hybridized carbons (Fsp3) is 0.588. The fourth-order valence-corrected chi connectivity index (χ4v) is 3.87. The number of primary amides is 1. The zero-order valence-electron chi connectivity index (χ0n) is 15.6. The summed E-state index contributed by atoms with van der Waals surface area (Å²) in [5.74, 6) is -2.17. The summed E-state index contributed by atoms with van der Waals surface area (Å²) in [5, 5.41) is 5.40. The highest BCUT2D eigenvalue weighted by Crippen LogP contribution is 2.40. The molecule has 0 aliphatic carbocycles. The van der Waals surface area contributed by atoms with E-state index in [9.17, 15) is 14.4 Å². The minimum Gasteiger partial charge on any atom is -0.370 e. The average molecular weight is 382 g/mol. The maximum Gasteiger partial charge on any atom is 0.314 e. The predicted molar refractivity (Wildman–Crippen MR) is 100 cm³/mol. The number of carbonyl (C=O) groups excluding carboxylic acids is 3. The number of ether oxygens (including phenoxy) is 1. The van der Waals surface area contributed by atoms with E-state index in [-0.39, 0.29) is 5.56 Å². The molecule has 0 saturated carbocycles. The molecule has 2 heterocycles. The number of carbonyl (C=O) groups is 3. The van der Waals surface area contributed by atoms with Crippen molar-refractivity contribution in [2.45, 2.75) is 38.9 Å². The Morgan fingerprint density at radius 3 is 2.58 bits per heavy atom. The van der Waals surface area contributed by atoms with Crippen LogP contribution in [0.2, 0.25) is 0 Å². The number of hydrogen-bond donors (Lipinski definition) is 3. The van der Waals surface area contributed by atoms with Gasteiger partial charge in [-0.05, 0) is 46.5 Å². The second-order valence-corrected chi connectivity index (χ2v) is 8.27. The number of nitrogens with zero attached hydrogens (tertiary/aromatic N) is 1. The monoisotopic (exact) mass is 382 g/mol. The number of hydrogen-bond acceptors (Lipinski definition) is 6. The highest BCUT2D eigenvalue weighted by atomic mass is 32.1. The molecule has 2 rings (SSSR count). The number of anilines is 1. The van der Waals surface area contributed by atoms with E-state index < -0.39 is 23.3 Å². The van der Waals surface area contributed by atoms with E-state index in [1.807, 2.05) is 32.8 Å². The Labute approximate surface area is 157 Å². The molecular formula is C17H26N4O4S. The van der Waals surface area contributed by atoms with Crippen LogP contribution in [0.15, 0.2) is 0 Å². The standard InChI is InChI=1S/C17H26N4O4S/c1-17(2)8-10-11(9-25-17)26-16(12(10)13(18)22)20-15(24)14(23)19-6-5-7-21(3)4/h5-9H2,1-4H3,(H2,18,22)(H,19,23)(H,20,24). The molecule has 0 aromatic carbocycles. The van der Waals surface area contributed by atoms with Gasteiger partial charge in [-0.2, -0.15) is 0 Å². The fourth-order valence-electron chi connectivity index (χ4n) is 2.74. The topological polar surface area (TPSA) is 114 Å². The summed E-state index contributed by atoms with van der Waals surface area (Å²) in [6.07, 6.45) is 1.25.